The van der Waals surface area contributed by atoms with Crippen molar-refractivity contribution in [2.45, 2.75) is 63.8 Å². The fraction of sp³-hybridized carbons (Fsp3) is 0.457. The molecular weight excluding hydrogens is 621 g/mol. The number of carbonyl (C=O) groups excluding carboxylic acids is 1. The Morgan fingerprint density at radius 2 is 1.53 bits per heavy atom. The van der Waals surface area contributed by atoms with E-state index in [-0.39, 0.29) is 24.3 Å². The largest absolute Gasteiger partial charge is 0.392 e. The first-order chi connectivity index (χ1) is 22.6. The minimum Gasteiger partial charge on any atom is -0.392 e. The van der Waals surface area contributed by atoms with Crippen molar-refractivity contribution in [3.05, 3.63) is 99.9 Å². The standard InChI is InChI=1S/C35H38F5N3O4/c1-20-26(18-43-15-5-8-25(43)17-42-13-2-3-14-42)46-35(47-33(20)22-11-9-21(19-44)10-12-22)23-6-4-7-24(16-23)41-34(45)27-28(36)30(38)32(40)31(39)29(27)37/h4,6-7,9-12,16,20,25-26,33,35,44H,2-3,5,8,13-15,17-19H2,1H3,(H,41,45). The lowest BCUT2D eigenvalue weighted by molar-refractivity contribution is -0.276. The molecule has 2 N–H and O–H groups in total. The molecule has 6 rings (SSSR count). The van der Waals surface area contributed by atoms with Gasteiger partial charge < -0.3 is 24.8 Å². The Balaban J connectivity index is 1.25. The van der Waals surface area contributed by atoms with E-state index < -0.39 is 53.0 Å². The fourth-order valence-corrected chi connectivity index (χ4v) is 6.93. The van der Waals surface area contributed by atoms with Gasteiger partial charge in [0.05, 0.1) is 18.8 Å². The lowest BCUT2D eigenvalue weighted by Gasteiger charge is -2.43. The first-order valence-corrected chi connectivity index (χ1v) is 16.0. The van der Waals surface area contributed by atoms with E-state index in [9.17, 15) is 31.9 Å². The van der Waals surface area contributed by atoms with E-state index in [4.69, 9.17) is 9.47 Å². The van der Waals surface area contributed by atoms with E-state index >= 15 is 0 Å². The number of amides is 1. The maximum absolute atomic E-state index is 14.3. The van der Waals surface area contributed by atoms with Crippen LogP contribution in [0, 0.1) is 35.0 Å². The molecule has 7 nitrogen and oxygen atoms in total. The Morgan fingerprint density at radius 3 is 2.21 bits per heavy atom. The average Bonchev–Trinajstić information content (AvgIpc) is 3.76. The highest BCUT2D eigenvalue weighted by Crippen LogP contribution is 2.43. The maximum atomic E-state index is 14.3. The van der Waals surface area contributed by atoms with Crippen molar-refractivity contribution in [1.82, 2.24) is 9.80 Å². The highest BCUT2D eigenvalue weighted by molar-refractivity contribution is 6.04. The molecule has 5 unspecified atom stereocenters. The second-order valence-corrected chi connectivity index (χ2v) is 12.6. The number of nitrogens with zero attached hydrogens (tertiary/aromatic N) is 2. The number of aliphatic hydroxyl groups excluding tert-OH is 1. The van der Waals surface area contributed by atoms with Crippen LogP contribution in [0.5, 0.6) is 0 Å². The van der Waals surface area contributed by atoms with Gasteiger partial charge in [-0.2, -0.15) is 0 Å². The summed E-state index contributed by atoms with van der Waals surface area (Å²) < 4.78 is 82.8. The SMILES string of the molecule is CC1C(CN2CCCC2CN2CCCC2)OC(c2cccc(NC(=O)c3c(F)c(F)c(F)c(F)c3F)c2)OC1c1ccc(CO)cc1. The Hall–Kier alpha value is -3.42. The minimum atomic E-state index is -2.34. The second-order valence-electron chi connectivity index (χ2n) is 12.6. The van der Waals surface area contributed by atoms with Crippen LogP contribution in [0.15, 0.2) is 48.5 Å². The summed E-state index contributed by atoms with van der Waals surface area (Å²) in [5.41, 5.74) is 0.628. The van der Waals surface area contributed by atoms with Crippen LogP contribution < -0.4 is 5.32 Å². The quantitative estimate of drug-likeness (QED) is 0.156. The first kappa shape index (κ1) is 33.5. The molecule has 3 saturated heterocycles. The van der Waals surface area contributed by atoms with Crippen molar-refractivity contribution in [2.24, 2.45) is 5.92 Å². The topological polar surface area (TPSA) is 74.3 Å². The third kappa shape index (κ3) is 7.07. The van der Waals surface area contributed by atoms with Crippen molar-refractivity contribution in [1.29, 1.82) is 0 Å². The van der Waals surface area contributed by atoms with Gasteiger partial charge in [0.1, 0.15) is 5.56 Å². The van der Waals surface area contributed by atoms with Crippen molar-refractivity contribution in [3.63, 3.8) is 0 Å². The number of benzene rings is 3. The number of aliphatic hydroxyl groups is 1. The van der Waals surface area contributed by atoms with Gasteiger partial charge in [-0.05, 0) is 68.6 Å². The number of nitrogens with one attached hydrogen (secondary N) is 1. The molecule has 3 fully saturated rings. The predicted molar refractivity (Wildman–Crippen MR) is 164 cm³/mol. The van der Waals surface area contributed by atoms with Crippen LogP contribution in [0.2, 0.25) is 0 Å². The number of ether oxygens (including phenoxy) is 2. The van der Waals surface area contributed by atoms with Crippen molar-refractivity contribution >= 4 is 11.6 Å². The Morgan fingerprint density at radius 1 is 0.851 bits per heavy atom. The smallest absolute Gasteiger partial charge is 0.261 e. The van der Waals surface area contributed by atoms with Crippen LogP contribution in [0.1, 0.15) is 72.0 Å². The first-order valence-electron chi connectivity index (χ1n) is 16.0. The predicted octanol–water partition coefficient (Wildman–Crippen LogP) is 6.48. The number of likely N-dealkylation sites (tertiary alicyclic amines) is 2. The van der Waals surface area contributed by atoms with Crippen molar-refractivity contribution in [3.8, 4) is 0 Å². The molecule has 0 aliphatic carbocycles. The molecule has 3 heterocycles. The highest BCUT2D eigenvalue weighted by atomic mass is 19.2. The summed E-state index contributed by atoms with van der Waals surface area (Å²) in [4.78, 5) is 17.8. The zero-order valence-electron chi connectivity index (χ0n) is 26.0. The van der Waals surface area contributed by atoms with E-state index in [2.05, 4.69) is 22.0 Å². The van der Waals surface area contributed by atoms with Crippen LogP contribution in [0.25, 0.3) is 0 Å². The third-order valence-electron chi connectivity index (χ3n) is 9.56. The van der Waals surface area contributed by atoms with Gasteiger partial charge in [-0.3, -0.25) is 9.69 Å². The molecule has 3 aromatic rings. The minimum absolute atomic E-state index is 0.0490. The molecule has 0 spiro atoms. The molecule has 252 valence electrons. The summed E-state index contributed by atoms with van der Waals surface area (Å²) in [6.45, 7) is 6.91. The molecule has 0 radical (unpaired) electrons. The van der Waals surface area contributed by atoms with E-state index in [0.717, 1.165) is 50.1 Å². The Bertz CT molecular complexity index is 1560. The van der Waals surface area contributed by atoms with Gasteiger partial charge >= 0.3 is 0 Å². The molecule has 1 amide bonds. The lowest BCUT2D eigenvalue weighted by atomic mass is 9.90. The zero-order valence-corrected chi connectivity index (χ0v) is 26.0. The van der Waals surface area contributed by atoms with Gasteiger partial charge in [-0.1, -0.05) is 43.3 Å². The molecule has 3 aliphatic heterocycles. The lowest BCUT2D eigenvalue weighted by Crippen LogP contribution is -2.48. The van der Waals surface area contributed by atoms with E-state index in [1.807, 2.05) is 24.3 Å². The number of halogens is 5. The Kier molecular flexibility index (Phi) is 10.2. The van der Waals surface area contributed by atoms with Gasteiger partial charge in [-0.15, -0.1) is 0 Å². The summed E-state index contributed by atoms with van der Waals surface area (Å²) in [6, 6.07) is 14.1. The monoisotopic (exact) mass is 659 g/mol. The van der Waals surface area contributed by atoms with Crippen LogP contribution in [-0.2, 0) is 16.1 Å². The van der Waals surface area contributed by atoms with Crippen molar-refractivity contribution < 1.29 is 41.3 Å². The second kappa shape index (κ2) is 14.4. The molecule has 47 heavy (non-hydrogen) atoms. The van der Waals surface area contributed by atoms with Crippen LogP contribution in [-0.4, -0.2) is 65.7 Å². The molecule has 0 aromatic heterocycles. The molecule has 0 bridgehead atoms. The van der Waals surface area contributed by atoms with Gasteiger partial charge in [0.2, 0.25) is 5.82 Å². The van der Waals surface area contributed by atoms with Crippen LogP contribution >= 0.6 is 0 Å². The number of hydrogen-bond acceptors (Lipinski definition) is 6. The average molecular weight is 660 g/mol. The van der Waals surface area contributed by atoms with Gasteiger partial charge in [0.15, 0.2) is 29.6 Å². The number of carbonyl (C=O) groups is 1. The molecular formula is C35H38F5N3O4. The Labute approximate surface area is 270 Å². The summed E-state index contributed by atoms with van der Waals surface area (Å²) in [6.07, 6.45) is 3.15. The normalized spacial score (nSPS) is 25.4. The number of hydrogen-bond donors (Lipinski definition) is 2. The summed E-state index contributed by atoms with van der Waals surface area (Å²) in [7, 11) is 0. The molecule has 12 heteroatoms. The summed E-state index contributed by atoms with van der Waals surface area (Å²) in [5, 5.41) is 11.8. The van der Waals surface area contributed by atoms with Gasteiger partial charge in [0, 0.05) is 36.3 Å². The molecule has 3 aromatic carbocycles. The summed E-state index contributed by atoms with van der Waals surface area (Å²) in [5.74, 6) is -12.7. The van der Waals surface area contributed by atoms with Crippen molar-refractivity contribution in [2.75, 3.05) is 38.0 Å². The number of anilines is 1. The van der Waals surface area contributed by atoms with Gasteiger partial charge in [0.25, 0.3) is 5.91 Å². The van der Waals surface area contributed by atoms with E-state index in [1.54, 1.807) is 12.1 Å². The van der Waals surface area contributed by atoms with E-state index in [1.165, 1.54) is 25.0 Å². The summed E-state index contributed by atoms with van der Waals surface area (Å²) >= 11 is 0. The van der Waals surface area contributed by atoms with E-state index in [0.29, 0.717) is 18.2 Å². The van der Waals surface area contributed by atoms with Gasteiger partial charge in [-0.25, -0.2) is 22.0 Å². The fourth-order valence-electron chi connectivity index (χ4n) is 6.93. The van der Waals surface area contributed by atoms with Crippen LogP contribution in [0.3, 0.4) is 0 Å². The molecule has 5 atom stereocenters. The number of rotatable bonds is 9. The molecule has 3 aliphatic rings. The zero-order chi connectivity index (χ0) is 33.2. The third-order valence-corrected chi connectivity index (χ3v) is 9.56. The molecule has 0 saturated carbocycles. The van der Waals surface area contributed by atoms with Crippen LogP contribution in [0.4, 0.5) is 27.6 Å². The highest BCUT2D eigenvalue weighted by Gasteiger charge is 2.41. The maximum Gasteiger partial charge on any atom is 0.261 e.